The molecule has 0 aromatic rings. The van der Waals surface area contributed by atoms with Crippen LogP contribution in [0.15, 0.2) is 4.99 Å². The van der Waals surface area contributed by atoms with Crippen LogP contribution in [-0.2, 0) is 0 Å². The fourth-order valence-electron chi connectivity index (χ4n) is 0.960. The first kappa shape index (κ1) is 8.33. The largest absolute Gasteiger partial charge is 0.396 e. The minimum atomic E-state index is 0.279. The number of aliphatic imine (C=N–C) groups is 1. The van der Waals surface area contributed by atoms with Crippen LogP contribution in [0.4, 0.5) is 0 Å². The molecular formula is C7H15N3O. The number of nitrogens with one attached hydrogen (secondary N) is 2. The van der Waals surface area contributed by atoms with Crippen LogP contribution in [0.5, 0.6) is 0 Å². The molecule has 0 saturated carbocycles. The van der Waals surface area contributed by atoms with Gasteiger partial charge in [0.25, 0.3) is 0 Å². The Hall–Kier alpha value is -0.770. The molecule has 0 amide bonds. The fourth-order valence-corrected chi connectivity index (χ4v) is 0.960. The highest BCUT2D eigenvalue weighted by Crippen LogP contribution is 1.85. The van der Waals surface area contributed by atoms with Crippen LogP contribution in [0.25, 0.3) is 0 Å². The normalized spacial score (nSPS) is 15.9. The predicted molar refractivity (Wildman–Crippen MR) is 44.6 cm³/mol. The number of aliphatic hydroxyl groups is 1. The third-order valence-corrected chi connectivity index (χ3v) is 1.55. The van der Waals surface area contributed by atoms with E-state index in [0.717, 1.165) is 38.4 Å². The first-order chi connectivity index (χ1) is 5.43. The second kappa shape index (κ2) is 4.96. The van der Waals surface area contributed by atoms with Crippen molar-refractivity contribution in [2.75, 3.05) is 26.2 Å². The van der Waals surface area contributed by atoms with Crippen LogP contribution in [0.2, 0.25) is 0 Å². The Balaban J connectivity index is 1.94. The van der Waals surface area contributed by atoms with Gasteiger partial charge in [-0.2, -0.15) is 0 Å². The molecule has 1 aliphatic heterocycles. The lowest BCUT2D eigenvalue weighted by Crippen LogP contribution is -2.34. The van der Waals surface area contributed by atoms with Crippen LogP contribution in [-0.4, -0.2) is 37.3 Å². The molecular weight excluding hydrogens is 142 g/mol. The summed E-state index contributed by atoms with van der Waals surface area (Å²) in [5.41, 5.74) is 0. The van der Waals surface area contributed by atoms with Gasteiger partial charge in [-0.15, -0.1) is 0 Å². The van der Waals surface area contributed by atoms with Crippen molar-refractivity contribution in [3.8, 4) is 0 Å². The third-order valence-electron chi connectivity index (χ3n) is 1.55. The molecule has 3 N–H and O–H groups in total. The molecule has 1 aliphatic rings. The average Bonchev–Trinajstić information content (AvgIpc) is 2.50. The van der Waals surface area contributed by atoms with E-state index < -0.39 is 0 Å². The van der Waals surface area contributed by atoms with E-state index in [2.05, 4.69) is 15.6 Å². The Morgan fingerprint density at radius 1 is 1.55 bits per heavy atom. The summed E-state index contributed by atoms with van der Waals surface area (Å²) in [4.78, 5) is 4.17. The van der Waals surface area contributed by atoms with Gasteiger partial charge < -0.3 is 15.7 Å². The lowest BCUT2D eigenvalue weighted by molar-refractivity contribution is 0.285. The zero-order valence-electron chi connectivity index (χ0n) is 6.64. The quantitative estimate of drug-likeness (QED) is 0.473. The Morgan fingerprint density at radius 3 is 3.09 bits per heavy atom. The molecule has 64 valence electrons. The molecule has 0 unspecified atom stereocenters. The fraction of sp³-hybridized carbons (Fsp3) is 0.857. The first-order valence-corrected chi connectivity index (χ1v) is 4.06. The Kier molecular flexibility index (Phi) is 3.75. The molecule has 0 spiro atoms. The summed E-state index contributed by atoms with van der Waals surface area (Å²) in [6, 6.07) is 0. The van der Waals surface area contributed by atoms with Crippen molar-refractivity contribution in [3.05, 3.63) is 0 Å². The van der Waals surface area contributed by atoms with Crippen LogP contribution in [0.3, 0.4) is 0 Å². The lowest BCUT2D eigenvalue weighted by Gasteiger charge is -2.04. The molecule has 0 aliphatic carbocycles. The molecule has 0 aromatic carbocycles. The van der Waals surface area contributed by atoms with Gasteiger partial charge >= 0.3 is 0 Å². The monoisotopic (exact) mass is 157 g/mol. The number of hydrogen-bond acceptors (Lipinski definition) is 4. The Bertz CT molecular complexity index is 136. The summed E-state index contributed by atoms with van der Waals surface area (Å²) in [5.74, 6) is 0.905. The molecule has 0 atom stereocenters. The van der Waals surface area contributed by atoms with E-state index in [-0.39, 0.29) is 6.61 Å². The van der Waals surface area contributed by atoms with E-state index in [4.69, 9.17) is 5.11 Å². The predicted octanol–water partition coefficient (Wildman–Crippen LogP) is -0.692. The van der Waals surface area contributed by atoms with Crippen LogP contribution in [0, 0.1) is 0 Å². The highest BCUT2D eigenvalue weighted by atomic mass is 16.2. The molecule has 4 heteroatoms. The summed E-state index contributed by atoms with van der Waals surface area (Å²) < 4.78 is 0. The van der Waals surface area contributed by atoms with Crippen molar-refractivity contribution in [2.24, 2.45) is 4.99 Å². The zero-order chi connectivity index (χ0) is 7.94. The SMILES string of the molecule is OCCCCNC1=NCCN1. The first-order valence-electron chi connectivity index (χ1n) is 4.06. The summed E-state index contributed by atoms with van der Waals surface area (Å²) in [7, 11) is 0. The van der Waals surface area contributed by atoms with Crippen LogP contribution < -0.4 is 10.6 Å². The van der Waals surface area contributed by atoms with Crippen molar-refractivity contribution in [1.82, 2.24) is 10.6 Å². The maximum Gasteiger partial charge on any atom is 0.191 e. The van der Waals surface area contributed by atoms with Gasteiger partial charge in [-0.05, 0) is 12.8 Å². The molecule has 11 heavy (non-hydrogen) atoms. The molecule has 0 saturated heterocycles. The molecule has 0 fully saturated rings. The van der Waals surface area contributed by atoms with E-state index in [1.165, 1.54) is 0 Å². The van der Waals surface area contributed by atoms with Gasteiger partial charge in [0.15, 0.2) is 5.96 Å². The third kappa shape index (κ3) is 3.23. The van der Waals surface area contributed by atoms with Gasteiger partial charge in [0.1, 0.15) is 0 Å². The van der Waals surface area contributed by atoms with Gasteiger partial charge in [-0.25, -0.2) is 0 Å². The molecule has 4 nitrogen and oxygen atoms in total. The van der Waals surface area contributed by atoms with Crippen LogP contribution >= 0.6 is 0 Å². The minimum absolute atomic E-state index is 0.279. The van der Waals surface area contributed by atoms with Crippen molar-refractivity contribution in [2.45, 2.75) is 12.8 Å². The van der Waals surface area contributed by atoms with E-state index in [1.54, 1.807) is 0 Å². The van der Waals surface area contributed by atoms with Crippen molar-refractivity contribution >= 4 is 5.96 Å². The summed E-state index contributed by atoms with van der Waals surface area (Å²) in [6.45, 7) is 3.00. The van der Waals surface area contributed by atoms with Crippen molar-refractivity contribution in [3.63, 3.8) is 0 Å². The summed E-state index contributed by atoms with van der Waals surface area (Å²) in [5, 5.41) is 14.7. The average molecular weight is 157 g/mol. The van der Waals surface area contributed by atoms with E-state index in [0.29, 0.717) is 0 Å². The highest BCUT2D eigenvalue weighted by Gasteiger charge is 2.01. The smallest absolute Gasteiger partial charge is 0.191 e. The molecule has 0 radical (unpaired) electrons. The van der Waals surface area contributed by atoms with Gasteiger partial charge in [0, 0.05) is 19.7 Å². The maximum atomic E-state index is 8.48. The number of guanidine groups is 1. The molecule has 1 heterocycles. The van der Waals surface area contributed by atoms with Gasteiger partial charge in [0.2, 0.25) is 0 Å². The zero-order valence-corrected chi connectivity index (χ0v) is 6.64. The van der Waals surface area contributed by atoms with Crippen molar-refractivity contribution < 1.29 is 5.11 Å². The number of rotatable bonds is 4. The van der Waals surface area contributed by atoms with Crippen molar-refractivity contribution in [1.29, 1.82) is 0 Å². The number of aliphatic hydroxyl groups excluding tert-OH is 1. The lowest BCUT2D eigenvalue weighted by atomic mass is 10.3. The number of unbranched alkanes of at least 4 members (excludes halogenated alkanes) is 1. The topological polar surface area (TPSA) is 56.6 Å². The van der Waals surface area contributed by atoms with Gasteiger partial charge in [0.05, 0.1) is 6.54 Å². The standard InChI is InChI=1S/C7H15N3O/c11-6-2-1-3-8-7-9-4-5-10-7/h11H,1-6H2,(H2,8,9,10). The molecule has 0 aromatic heterocycles. The molecule has 0 bridgehead atoms. The molecule has 1 rings (SSSR count). The number of nitrogens with zero attached hydrogens (tertiary/aromatic N) is 1. The van der Waals surface area contributed by atoms with Crippen LogP contribution in [0.1, 0.15) is 12.8 Å². The Labute approximate surface area is 66.7 Å². The summed E-state index contributed by atoms with van der Waals surface area (Å²) in [6.07, 6.45) is 1.86. The second-order valence-corrected chi connectivity index (χ2v) is 2.51. The summed E-state index contributed by atoms with van der Waals surface area (Å²) >= 11 is 0. The van der Waals surface area contributed by atoms with Gasteiger partial charge in [-0.1, -0.05) is 0 Å². The van der Waals surface area contributed by atoms with E-state index in [1.807, 2.05) is 0 Å². The van der Waals surface area contributed by atoms with E-state index >= 15 is 0 Å². The highest BCUT2D eigenvalue weighted by molar-refractivity contribution is 5.81. The maximum absolute atomic E-state index is 8.48. The van der Waals surface area contributed by atoms with Gasteiger partial charge in [-0.3, -0.25) is 4.99 Å². The number of hydrogen-bond donors (Lipinski definition) is 3. The minimum Gasteiger partial charge on any atom is -0.396 e. The second-order valence-electron chi connectivity index (χ2n) is 2.51. The Morgan fingerprint density at radius 2 is 2.45 bits per heavy atom. The van der Waals surface area contributed by atoms with E-state index in [9.17, 15) is 0 Å².